The second-order valence-electron chi connectivity index (χ2n) is 6.40. The first-order valence-electron chi connectivity index (χ1n) is 9.13. The molecule has 0 aliphatic carbocycles. The van der Waals surface area contributed by atoms with Crippen molar-refractivity contribution in [2.45, 2.75) is 58.5 Å². The van der Waals surface area contributed by atoms with E-state index in [2.05, 4.69) is 12.2 Å². The van der Waals surface area contributed by atoms with Gasteiger partial charge in [-0.2, -0.15) is 0 Å². The first-order valence-corrected chi connectivity index (χ1v) is 9.13. The number of unbranched alkanes of at least 4 members (excludes halogenated alkanes) is 2. The molecule has 0 aliphatic rings. The van der Waals surface area contributed by atoms with Crippen LogP contribution in [0.2, 0.25) is 0 Å². The van der Waals surface area contributed by atoms with Gasteiger partial charge in [0.1, 0.15) is 16.9 Å². The normalized spacial score (nSPS) is 13.0. The molecule has 1 atom stereocenters. The van der Waals surface area contributed by atoms with Crippen molar-refractivity contribution in [3.63, 3.8) is 0 Å². The third-order valence-corrected chi connectivity index (χ3v) is 4.29. The van der Waals surface area contributed by atoms with Crippen LogP contribution in [0.15, 0.2) is 18.2 Å². The van der Waals surface area contributed by atoms with Crippen LogP contribution in [0.4, 0.5) is 5.69 Å². The number of carbonyl (C=O) groups is 2. The van der Waals surface area contributed by atoms with Gasteiger partial charge in [-0.3, -0.25) is 4.79 Å². The summed E-state index contributed by atoms with van der Waals surface area (Å²) in [6.45, 7) is 6.37. The smallest absolute Gasteiger partial charge is 0.341 e. The van der Waals surface area contributed by atoms with E-state index < -0.39 is 11.6 Å². The van der Waals surface area contributed by atoms with Gasteiger partial charge in [0.25, 0.3) is 5.91 Å². The van der Waals surface area contributed by atoms with Crippen molar-refractivity contribution >= 4 is 17.6 Å². The van der Waals surface area contributed by atoms with Gasteiger partial charge >= 0.3 is 5.97 Å². The molecule has 0 saturated carbocycles. The van der Waals surface area contributed by atoms with Gasteiger partial charge in [0, 0.05) is 12.8 Å². The van der Waals surface area contributed by atoms with E-state index in [0.717, 1.165) is 25.7 Å². The Kier molecular flexibility index (Phi) is 9.13. The molecule has 0 fully saturated rings. The Balaban J connectivity index is 2.97. The average Bonchev–Trinajstić information content (AvgIpc) is 2.66. The molecule has 0 spiro atoms. The minimum atomic E-state index is -0.919. The molecule has 0 bridgehead atoms. The van der Waals surface area contributed by atoms with Gasteiger partial charge < -0.3 is 19.5 Å². The van der Waals surface area contributed by atoms with Crippen LogP contribution in [-0.4, -0.2) is 38.3 Å². The van der Waals surface area contributed by atoms with Gasteiger partial charge in [-0.1, -0.05) is 33.1 Å². The minimum Gasteiger partial charge on any atom is -0.493 e. The molecule has 0 heterocycles. The molecule has 1 amide bonds. The Bertz CT molecular complexity index is 602. The topological polar surface area (TPSA) is 73.9 Å². The van der Waals surface area contributed by atoms with Crippen LogP contribution >= 0.6 is 0 Å². The highest BCUT2D eigenvalue weighted by atomic mass is 16.5. The van der Waals surface area contributed by atoms with Crippen molar-refractivity contribution in [3.8, 4) is 5.75 Å². The summed E-state index contributed by atoms with van der Waals surface area (Å²) in [6, 6.07) is 4.94. The van der Waals surface area contributed by atoms with Gasteiger partial charge in [0.05, 0.1) is 13.7 Å². The van der Waals surface area contributed by atoms with Gasteiger partial charge in [0.2, 0.25) is 0 Å². The number of nitrogens with one attached hydrogen (secondary N) is 1. The van der Waals surface area contributed by atoms with Gasteiger partial charge in [-0.25, -0.2) is 4.79 Å². The SMILES string of the molecule is CCCCC[C@@](C)(OC)C(=O)Nc1ccc(OCCC)c(C(=O)OC)c1. The third kappa shape index (κ3) is 6.02. The Morgan fingerprint density at radius 2 is 1.85 bits per heavy atom. The van der Waals surface area contributed by atoms with Gasteiger partial charge in [-0.15, -0.1) is 0 Å². The highest BCUT2D eigenvalue weighted by Crippen LogP contribution is 2.26. The lowest BCUT2D eigenvalue weighted by Gasteiger charge is -2.27. The van der Waals surface area contributed by atoms with Crippen LogP contribution < -0.4 is 10.1 Å². The number of methoxy groups -OCH3 is 2. The molecule has 6 heteroatoms. The van der Waals surface area contributed by atoms with Crippen LogP contribution in [0.25, 0.3) is 0 Å². The first-order chi connectivity index (χ1) is 12.4. The molecule has 6 nitrogen and oxygen atoms in total. The quantitative estimate of drug-likeness (QED) is 0.470. The largest absolute Gasteiger partial charge is 0.493 e. The summed E-state index contributed by atoms with van der Waals surface area (Å²) >= 11 is 0. The monoisotopic (exact) mass is 365 g/mol. The second kappa shape index (κ2) is 10.8. The Hall–Kier alpha value is -2.08. The lowest BCUT2D eigenvalue weighted by Crippen LogP contribution is -2.42. The number of hydrogen-bond donors (Lipinski definition) is 1. The maximum atomic E-state index is 12.7. The third-order valence-electron chi connectivity index (χ3n) is 4.29. The summed E-state index contributed by atoms with van der Waals surface area (Å²) in [4.78, 5) is 24.7. The van der Waals surface area contributed by atoms with E-state index in [-0.39, 0.29) is 11.5 Å². The zero-order valence-electron chi connectivity index (χ0n) is 16.5. The van der Waals surface area contributed by atoms with Gasteiger partial charge in [0.15, 0.2) is 0 Å². The molecule has 0 saturated heterocycles. The minimum absolute atomic E-state index is 0.242. The van der Waals surface area contributed by atoms with Crippen molar-refractivity contribution in [2.24, 2.45) is 0 Å². The number of benzene rings is 1. The summed E-state index contributed by atoms with van der Waals surface area (Å²) in [5.41, 5.74) is -0.139. The van der Waals surface area contributed by atoms with E-state index in [9.17, 15) is 9.59 Å². The van der Waals surface area contributed by atoms with Crippen LogP contribution in [0.1, 0.15) is 63.2 Å². The Labute approximate surface area is 156 Å². The Morgan fingerprint density at radius 1 is 1.12 bits per heavy atom. The number of ether oxygens (including phenoxy) is 3. The lowest BCUT2D eigenvalue weighted by molar-refractivity contribution is -0.136. The average molecular weight is 365 g/mol. The molecule has 1 rings (SSSR count). The molecule has 0 aromatic heterocycles. The van der Waals surface area contributed by atoms with Crippen molar-refractivity contribution in [1.82, 2.24) is 0 Å². The van der Waals surface area contributed by atoms with E-state index in [1.807, 2.05) is 6.92 Å². The fourth-order valence-corrected chi connectivity index (χ4v) is 2.50. The highest BCUT2D eigenvalue weighted by Gasteiger charge is 2.32. The maximum Gasteiger partial charge on any atom is 0.341 e. The zero-order chi connectivity index (χ0) is 19.6. The Morgan fingerprint density at radius 3 is 2.42 bits per heavy atom. The predicted octanol–water partition coefficient (Wildman–Crippen LogP) is 4.19. The summed E-state index contributed by atoms with van der Waals surface area (Å²) in [7, 11) is 2.85. The number of amides is 1. The van der Waals surface area contributed by atoms with Crippen LogP contribution in [0, 0.1) is 0 Å². The number of esters is 1. The molecule has 26 heavy (non-hydrogen) atoms. The summed E-state index contributed by atoms with van der Waals surface area (Å²) in [5.74, 6) is -0.312. The molecule has 1 aromatic rings. The molecule has 1 aromatic carbocycles. The van der Waals surface area contributed by atoms with E-state index in [1.165, 1.54) is 14.2 Å². The molecular weight excluding hydrogens is 334 g/mol. The fraction of sp³-hybridized carbons (Fsp3) is 0.600. The van der Waals surface area contributed by atoms with Crippen LogP contribution in [0.5, 0.6) is 5.75 Å². The van der Waals surface area contributed by atoms with Crippen LogP contribution in [-0.2, 0) is 14.3 Å². The van der Waals surface area contributed by atoms with Crippen molar-refractivity contribution in [1.29, 1.82) is 0 Å². The molecular formula is C20H31NO5. The number of rotatable bonds is 11. The first kappa shape index (κ1) is 22.0. The number of anilines is 1. The summed E-state index contributed by atoms with van der Waals surface area (Å²) < 4.78 is 15.9. The van der Waals surface area contributed by atoms with Crippen molar-refractivity contribution in [2.75, 3.05) is 26.1 Å². The number of carbonyl (C=O) groups excluding carboxylic acids is 2. The lowest BCUT2D eigenvalue weighted by atomic mass is 9.96. The van der Waals surface area contributed by atoms with Crippen molar-refractivity contribution < 1.29 is 23.8 Å². The van der Waals surface area contributed by atoms with Crippen LogP contribution in [0.3, 0.4) is 0 Å². The summed E-state index contributed by atoms with van der Waals surface area (Å²) in [5, 5.41) is 2.84. The predicted molar refractivity (Wildman–Crippen MR) is 102 cm³/mol. The summed E-state index contributed by atoms with van der Waals surface area (Å²) in [6.07, 6.45) is 4.48. The maximum absolute atomic E-state index is 12.7. The van der Waals surface area contributed by atoms with E-state index in [0.29, 0.717) is 24.5 Å². The highest BCUT2D eigenvalue weighted by molar-refractivity contribution is 5.99. The van der Waals surface area contributed by atoms with E-state index in [4.69, 9.17) is 14.2 Å². The molecule has 0 radical (unpaired) electrons. The van der Waals surface area contributed by atoms with E-state index >= 15 is 0 Å². The molecule has 146 valence electrons. The van der Waals surface area contributed by atoms with Crippen molar-refractivity contribution in [3.05, 3.63) is 23.8 Å². The standard InChI is InChI=1S/C20H31NO5/c1-6-8-9-12-20(3,25-5)19(23)21-15-10-11-17(26-13-7-2)16(14-15)18(22)24-4/h10-11,14H,6-9,12-13H2,1-5H3,(H,21,23)/t20-/m1/s1. The second-order valence-corrected chi connectivity index (χ2v) is 6.40. The molecule has 0 aliphatic heterocycles. The molecule has 0 unspecified atom stereocenters. The van der Waals surface area contributed by atoms with Gasteiger partial charge in [-0.05, 0) is 38.0 Å². The van der Waals surface area contributed by atoms with E-state index in [1.54, 1.807) is 25.1 Å². The number of hydrogen-bond acceptors (Lipinski definition) is 5. The zero-order valence-corrected chi connectivity index (χ0v) is 16.5. The molecule has 1 N–H and O–H groups in total. The fourth-order valence-electron chi connectivity index (χ4n) is 2.50.